The molecule has 122 valence electrons. The van der Waals surface area contributed by atoms with Gasteiger partial charge in [0.25, 0.3) is 5.91 Å². The molecule has 0 bridgehead atoms. The predicted molar refractivity (Wildman–Crippen MR) is 74.1 cm³/mol. The van der Waals surface area contributed by atoms with Gasteiger partial charge in [0, 0.05) is 31.5 Å². The zero-order chi connectivity index (χ0) is 16.5. The summed E-state index contributed by atoms with van der Waals surface area (Å²) in [7, 11) is 1.40. The third-order valence-electron chi connectivity index (χ3n) is 3.80. The van der Waals surface area contributed by atoms with Gasteiger partial charge in [-0.3, -0.25) is 4.79 Å². The first kappa shape index (κ1) is 16.9. The van der Waals surface area contributed by atoms with E-state index in [-0.39, 0.29) is 18.7 Å². The van der Waals surface area contributed by atoms with Crippen LogP contribution in [0.5, 0.6) is 5.75 Å². The first-order valence-corrected chi connectivity index (χ1v) is 6.98. The van der Waals surface area contributed by atoms with Crippen molar-refractivity contribution in [3.05, 3.63) is 28.8 Å². The number of nitrogens with zero attached hydrogens (tertiary/aromatic N) is 1. The van der Waals surface area contributed by atoms with E-state index in [1.54, 1.807) is 0 Å². The average Bonchev–Trinajstić information content (AvgIpc) is 2.47. The zero-order valence-electron chi connectivity index (χ0n) is 11.8. The van der Waals surface area contributed by atoms with Gasteiger partial charge in [-0.25, -0.2) is 0 Å². The highest BCUT2D eigenvalue weighted by Crippen LogP contribution is 2.38. The molecule has 0 radical (unpaired) electrons. The van der Waals surface area contributed by atoms with Gasteiger partial charge in [-0.15, -0.1) is 0 Å². The molecule has 1 aliphatic heterocycles. The standard InChI is InChI=1S/C14H15ClF3NO3/c1-22-11-8-9(2-3-10(11)15)12(20)19-6-4-13(21,5-7-19)14(16,17)18/h2-3,8,21H,4-7H2,1H3. The van der Waals surface area contributed by atoms with E-state index in [4.69, 9.17) is 16.3 Å². The SMILES string of the molecule is COc1cc(C(=O)N2CCC(O)(C(F)(F)F)CC2)ccc1Cl. The highest BCUT2D eigenvalue weighted by molar-refractivity contribution is 6.32. The maximum Gasteiger partial charge on any atom is 0.417 e. The number of amides is 1. The summed E-state index contributed by atoms with van der Waals surface area (Å²) in [5, 5.41) is 9.93. The van der Waals surface area contributed by atoms with Crippen LogP contribution in [0.3, 0.4) is 0 Å². The van der Waals surface area contributed by atoms with Gasteiger partial charge in [0.1, 0.15) is 5.75 Å². The molecule has 22 heavy (non-hydrogen) atoms. The molecule has 0 atom stereocenters. The van der Waals surface area contributed by atoms with E-state index in [0.717, 1.165) is 0 Å². The highest BCUT2D eigenvalue weighted by atomic mass is 35.5. The Kier molecular flexibility index (Phi) is 4.58. The molecule has 8 heteroatoms. The molecule has 1 fully saturated rings. The molecule has 2 rings (SSSR count). The van der Waals surface area contributed by atoms with E-state index in [1.807, 2.05) is 0 Å². The van der Waals surface area contributed by atoms with E-state index in [2.05, 4.69) is 0 Å². The van der Waals surface area contributed by atoms with E-state index < -0.39 is 30.5 Å². The second-order valence-corrected chi connectivity index (χ2v) is 5.58. The number of benzene rings is 1. The molecule has 0 unspecified atom stereocenters. The van der Waals surface area contributed by atoms with Crippen molar-refractivity contribution in [3.8, 4) is 5.75 Å². The lowest BCUT2D eigenvalue weighted by Crippen LogP contribution is -2.54. The van der Waals surface area contributed by atoms with Crippen LogP contribution < -0.4 is 4.74 Å². The van der Waals surface area contributed by atoms with E-state index in [1.165, 1.54) is 30.2 Å². The molecule has 1 heterocycles. The minimum atomic E-state index is -4.69. The van der Waals surface area contributed by atoms with Gasteiger partial charge in [0.2, 0.25) is 0 Å². The van der Waals surface area contributed by atoms with Crippen LogP contribution in [0.25, 0.3) is 0 Å². The number of likely N-dealkylation sites (tertiary alicyclic amines) is 1. The molecular formula is C14H15ClF3NO3. The summed E-state index contributed by atoms with van der Waals surface area (Å²) in [6.45, 7) is -0.334. The molecule has 1 saturated heterocycles. The monoisotopic (exact) mass is 337 g/mol. The topological polar surface area (TPSA) is 49.8 Å². The van der Waals surface area contributed by atoms with E-state index in [9.17, 15) is 23.1 Å². The summed E-state index contributed by atoms with van der Waals surface area (Å²) >= 11 is 5.87. The lowest BCUT2D eigenvalue weighted by Gasteiger charge is -2.39. The summed E-state index contributed by atoms with van der Waals surface area (Å²) in [5.41, 5.74) is -2.44. The van der Waals surface area contributed by atoms with Crippen molar-refractivity contribution in [1.82, 2.24) is 4.90 Å². The van der Waals surface area contributed by atoms with Crippen LogP contribution in [0.1, 0.15) is 23.2 Å². The maximum absolute atomic E-state index is 12.7. The summed E-state index contributed by atoms with van der Waals surface area (Å²) in [4.78, 5) is 13.6. The van der Waals surface area contributed by atoms with Crippen LogP contribution in [-0.2, 0) is 0 Å². The number of rotatable bonds is 2. The number of alkyl halides is 3. The molecule has 0 aromatic heterocycles. The van der Waals surface area contributed by atoms with Gasteiger partial charge >= 0.3 is 6.18 Å². The largest absolute Gasteiger partial charge is 0.495 e. The Bertz CT molecular complexity index is 569. The molecule has 0 aliphatic carbocycles. The first-order valence-electron chi connectivity index (χ1n) is 6.60. The van der Waals surface area contributed by atoms with E-state index >= 15 is 0 Å². The van der Waals surface area contributed by atoms with Crippen LogP contribution in [-0.4, -0.2) is 47.9 Å². The lowest BCUT2D eigenvalue weighted by molar-refractivity contribution is -0.271. The Morgan fingerprint density at radius 3 is 2.45 bits per heavy atom. The van der Waals surface area contributed by atoms with Crippen LogP contribution in [0, 0.1) is 0 Å². The first-order chi connectivity index (χ1) is 10.2. The molecule has 0 saturated carbocycles. The summed E-state index contributed by atoms with van der Waals surface area (Å²) in [6.07, 6.45) is -5.76. The maximum atomic E-state index is 12.7. The van der Waals surface area contributed by atoms with Crippen LogP contribution in [0.15, 0.2) is 18.2 Å². The summed E-state index contributed by atoms with van der Waals surface area (Å²) in [5.74, 6) is -0.101. The van der Waals surface area contributed by atoms with Crippen molar-refractivity contribution in [3.63, 3.8) is 0 Å². The molecule has 1 amide bonds. The number of methoxy groups -OCH3 is 1. The van der Waals surface area contributed by atoms with Gasteiger partial charge in [-0.2, -0.15) is 13.2 Å². The predicted octanol–water partition coefficient (Wildman–Crippen LogP) is 2.88. The smallest absolute Gasteiger partial charge is 0.417 e. The van der Waals surface area contributed by atoms with Crippen molar-refractivity contribution in [2.45, 2.75) is 24.6 Å². The van der Waals surface area contributed by atoms with Crippen molar-refractivity contribution >= 4 is 17.5 Å². The quantitative estimate of drug-likeness (QED) is 0.902. The summed E-state index contributed by atoms with van der Waals surface area (Å²) < 4.78 is 43.2. The number of hydrogen-bond donors (Lipinski definition) is 1. The average molecular weight is 338 g/mol. The minimum absolute atomic E-state index is 0.167. The number of ether oxygens (including phenoxy) is 1. The van der Waals surface area contributed by atoms with Gasteiger partial charge < -0.3 is 14.7 Å². The van der Waals surface area contributed by atoms with Crippen molar-refractivity contribution in [2.24, 2.45) is 0 Å². The van der Waals surface area contributed by atoms with Crippen LogP contribution in [0.2, 0.25) is 5.02 Å². The number of piperidine rings is 1. The molecule has 1 N–H and O–H groups in total. The Balaban J connectivity index is 2.10. The fraction of sp³-hybridized carbons (Fsp3) is 0.500. The fourth-order valence-corrected chi connectivity index (χ4v) is 2.53. The normalized spacial score (nSPS) is 18.2. The van der Waals surface area contributed by atoms with Crippen LogP contribution >= 0.6 is 11.6 Å². The van der Waals surface area contributed by atoms with Gasteiger partial charge in [-0.1, -0.05) is 11.6 Å². The second kappa shape index (κ2) is 5.96. The third kappa shape index (κ3) is 3.15. The second-order valence-electron chi connectivity index (χ2n) is 5.17. The number of halogens is 4. The van der Waals surface area contributed by atoms with Gasteiger partial charge in [-0.05, 0) is 18.2 Å². The van der Waals surface area contributed by atoms with E-state index in [0.29, 0.717) is 10.8 Å². The number of hydrogen-bond acceptors (Lipinski definition) is 3. The van der Waals surface area contributed by atoms with Crippen molar-refractivity contribution in [1.29, 1.82) is 0 Å². The zero-order valence-corrected chi connectivity index (χ0v) is 12.5. The number of carbonyl (C=O) groups is 1. The molecule has 1 aliphatic rings. The Hall–Kier alpha value is -1.47. The van der Waals surface area contributed by atoms with Crippen molar-refractivity contribution in [2.75, 3.05) is 20.2 Å². The van der Waals surface area contributed by atoms with Gasteiger partial charge in [0.05, 0.1) is 12.1 Å². The minimum Gasteiger partial charge on any atom is -0.495 e. The molecule has 0 spiro atoms. The fourth-order valence-electron chi connectivity index (χ4n) is 2.34. The molecule has 1 aromatic carbocycles. The molecule has 1 aromatic rings. The van der Waals surface area contributed by atoms with Crippen LogP contribution in [0.4, 0.5) is 13.2 Å². The Morgan fingerprint density at radius 1 is 1.36 bits per heavy atom. The highest BCUT2D eigenvalue weighted by Gasteiger charge is 2.54. The Morgan fingerprint density at radius 2 is 1.95 bits per heavy atom. The van der Waals surface area contributed by atoms with Gasteiger partial charge in [0.15, 0.2) is 5.60 Å². The third-order valence-corrected chi connectivity index (χ3v) is 4.12. The number of aliphatic hydroxyl groups is 1. The molecular weight excluding hydrogens is 323 g/mol. The lowest BCUT2D eigenvalue weighted by atomic mass is 9.90. The van der Waals surface area contributed by atoms with Crippen molar-refractivity contribution < 1.29 is 27.8 Å². The Labute approximate surface area is 130 Å². The molecule has 4 nitrogen and oxygen atoms in total. The number of carbonyl (C=O) groups excluding carboxylic acids is 1. The summed E-state index contributed by atoms with van der Waals surface area (Å²) in [6, 6.07) is 4.41.